The third kappa shape index (κ3) is 3.19. The maximum atomic E-state index is 11.2. The number of carbonyl (C=O) groups excluding carboxylic acids is 1. The number of rotatable bonds is 2. The Morgan fingerprint density at radius 2 is 1.69 bits per heavy atom. The number of hydrogen-bond acceptors (Lipinski definition) is 3. The summed E-state index contributed by atoms with van der Waals surface area (Å²) in [7, 11) is 0. The summed E-state index contributed by atoms with van der Waals surface area (Å²) in [6.45, 7) is 5.87. The summed E-state index contributed by atoms with van der Waals surface area (Å²) in [4.78, 5) is 13.1. The first-order valence-corrected chi connectivity index (χ1v) is 6.52. The zero-order chi connectivity index (χ0) is 11.4. The maximum Gasteiger partial charge on any atom is 0.219 e. The molecule has 0 unspecified atom stereocenters. The molecule has 2 aliphatic rings. The zero-order valence-electron chi connectivity index (χ0n) is 10.2. The highest BCUT2D eigenvalue weighted by atomic mass is 16.2. The molecule has 0 saturated carbocycles. The van der Waals surface area contributed by atoms with E-state index in [1.54, 1.807) is 6.92 Å². The lowest BCUT2D eigenvalue weighted by Gasteiger charge is -2.36. The molecule has 4 heteroatoms. The van der Waals surface area contributed by atoms with Gasteiger partial charge >= 0.3 is 0 Å². The summed E-state index contributed by atoms with van der Waals surface area (Å²) in [5, 5.41) is 2.37. The highest BCUT2D eigenvalue weighted by molar-refractivity contribution is 5.73. The normalized spacial score (nSPS) is 24.7. The summed E-state index contributed by atoms with van der Waals surface area (Å²) in [5.74, 6) is 0.219. The van der Waals surface area contributed by atoms with E-state index in [0.717, 1.165) is 25.9 Å². The first-order valence-electron chi connectivity index (χ1n) is 6.52. The second-order valence-corrected chi connectivity index (χ2v) is 4.96. The molecule has 2 saturated heterocycles. The number of hydrazine groups is 1. The van der Waals surface area contributed by atoms with Crippen LogP contribution in [0.25, 0.3) is 0 Å². The molecule has 2 fully saturated rings. The Kier molecular flexibility index (Phi) is 4.18. The van der Waals surface area contributed by atoms with Gasteiger partial charge in [-0.2, -0.15) is 0 Å². The monoisotopic (exact) mass is 225 g/mol. The number of carbonyl (C=O) groups is 1. The summed E-state index contributed by atoms with van der Waals surface area (Å²) < 4.78 is 0. The lowest BCUT2D eigenvalue weighted by molar-refractivity contribution is -0.130. The molecule has 0 bridgehead atoms. The van der Waals surface area contributed by atoms with E-state index >= 15 is 0 Å². The van der Waals surface area contributed by atoms with Gasteiger partial charge in [0.15, 0.2) is 0 Å². The van der Waals surface area contributed by atoms with Crippen LogP contribution in [0.15, 0.2) is 0 Å². The second-order valence-electron chi connectivity index (χ2n) is 4.96. The first-order chi connectivity index (χ1) is 7.75. The fraction of sp³-hybridized carbons (Fsp3) is 0.917. The molecule has 4 nitrogen and oxygen atoms in total. The van der Waals surface area contributed by atoms with Gasteiger partial charge in [0.1, 0.15) is 0 Å². The predicted molar refractivity (Wildman–Crippen MR) is 63.8 cm³/mol. The van der Waals surface area contributed by atoms with Crippen LogP contribution in [0.2, 0.25) is 0 Å². The fourth-order valence-corrected chi connectivity index (χ4v) is 2.60. The molecule has 0 aliphatic carbocycles. The van der Waals surface area contributed by atoms with Gasteiger partial charge < -0.3 is 4.90 Å². The minimum Gasteiger partial charge on any atom is -0.343 e. The van der Waals surface area contributed by atoms with Gasteiger partial charge in [0.05, 0.1) is 0 Å². The molecular formula is C12H23N3O. The van der Waals surface area contributed by atoms with E-state index < -0.39 is 0 Å². The van der Waals surface area contributed by atoms with Gasteiger partial charge in [-0.05, 0) is 25.7 Å². The number of amides is 1. The molecule has 0 aromatic carbocycles. The SMILES string of the molecule is CC(=O)N1CCC(NN2CCCCC2)CC1. The van der Waals surface area contributed by atoms with Crippen molar-refractivity contribution < 1.29 is 4.79 Å². The van der Waals surface area contributed by atoms with Gasteiger partial charge in [-0.15, -0.1) is 0 Å². The van der Waals surface area contributed by atoms with Gasteiger partial charge in [-0.3, -0.25) is 10.2 Å². The molecule has 2 heterocycles. The lowest BCUT2D eigenvalue weighted by Crippen LogP contribution is -2.51. The Morgan fingerprint density at radius 3 is 2.25 bits per heavy atom. The van der Waals surface area contributed by atoms with Crippen molar-refractivity contribution in [1.82, 2.24) is 15.3 Å². The Labute approximate surface area is 97.9 Å². The Hall–Kier alpha value is -0.610. The van der Waals surface area contributed by atoms with Crippen molar-refractivity contribution in [2.75, 3.05) is 26.2 Å². The van der Waals surface area contributed by atoms with E-state index in [9.17, 15) is 4.79 Å². The van der Waals surface area contributed by atoms with E-state index in [2.05, 4.69) is 10.4 Å². The van der Waals surface area contributed by atoms with Gasteiger partial charge in [-0.25, -0.2) is 5.01 Å². The highest BCUT2D eigenvalue weighted by Gasteiger charge is 2.22. The average Bonchev–Trinajstić information content (AvgIpc) is 2.31. The Morgan fingerprint density at radius 1 is 1.06 bits per heavy atom. The van der Waals surface area contributed by atoms with E-state index in [4.69, 9.17) is 0 Å². The lowest BCUT2D eigenvalue weighted by atomic mass is 10.1. The molecular weight excluding hydrogens is 202 g/mol. The maximum absolute atomic E-state index is 11.2. The fourth-order valence-electron chi connectivity index (χ4n) is 2.60. The number of hydrogen-bond donors (Lipinski definition) is 1. The van der Waals surface area contributed by atoms with Crippen LogP contribution in [-0.2, 0) is 4.79 Å². The van der Waals surface area contributed by atoms with Crippen molar-refractivity contribution >= 4 is 5.91 Å². The summed E-state index contributed by atoms with van der Waals surface area (Å²) in [5.41, 5.74) is 3.61. The van der Waals surface area contributed by atoms with Gasteiger partial charge in [0, 0.05) is 39.1 Å². The molecule has 0 radical (unpaired) electrons. The molecule has 0 aromatic heterocycles. The van der Waals surface area contributed by atoms with E-state index in [1.165, 1.54) is 32.4 Å². The van der Waals surface area contributed by atoms with Gasteiger partial charge in [0.2, 0.25) is 5.91 Å². The number of piperidine rings is 2. The first kappa shape index (κ1) is 11.9. The van der Waals surface area contributed by atoms with Gasteiger partial charge in [-0.1, -0.05) is 6.42 Å². The smallest absolute Gasteiger partial charge is 0.219 e. The molecule has 0 spiro atoms. The molecule has 0 aromatic rings. The largest absolute Gasteiger partial charge is 0.343 e. The average molecular weight is 225 g/mol. The molecule has 2 aliphatic heterocycles. The second kappa shape index (κ2) is 5.64. The van der Waals surface area contributed by atoms with Crippen molar-refractivity contribution in [2.45, 2.75) is 45.1 Å². The highest BCUT2D eigenvalue weighted by Crippen LogP contribution is 2.13. The Bertz CT molecular complexity index is 230. The van der Waals surface area contributed by atoms with Crippen LogP contribution in [0.4, 0.5) is 0 Å². The number of nitrogens with one attached hydrogen (secondary N) is 1. The van der Waals surface area contributed by atoms with Crippen LogP contribution >= 0.6 is 0 Å². The minimum atomic E-state index is 0.219. The third-order valence-corrected chi connectivity index (χ3v) is 3.66. The quantitative estimate of drug-likeness (QED) is 0.761. The molecule has 2 rings (SSSR count). The van der Waals surface area contributed by atoms with Crippen molar-refractivity contribution in [3.63, 3.8) is 0 Å². The van der Waals surface area contributed by atoms with Crippen molar-refractivity contribution in [3.8, 4) is 0 Å². The molecule has 92 valence electrons. The van der Waals surface area contributed by atoms with Crippen molar-refractivity contribution in [3.05, 3.63) is 0 Å². The van der Waals surface area contributed by atoms with Crippen molar-refractivity contribution in [1.29, 1.82) is 0 Å². The zero-order valence-corrected chi connectivity index (χ0v) is 10.2. The van der Waals surface area contributed by atoms with Crippen LogP contribution in [-0.4, -0.2) is 48.0 Å². The van der Waals surface area contributed by atoms with Crippen molar-refractivity contribution in [2.24, 2.45) is 0 Å². The van der Waals surface area contributed by atoms with E-state index in [1.807, 2.05) is 4.90 Å². The van der Waals surface area contributed by atoms with Crippen LogP contribution in [0, 0.1) is 0 Å². The van der Waals surface area contributed by atoms with E-state index in [0.29, 0.717) is 6.04 Å². The van der Waals surface area contributed by atoms with E-state index in [-0.39, 0.29) is 5.91 Å². The molecule has 1 N–H and O–H groups in total. The summed E-state index contributed by atoms with van der Waals surface area (Å²) >= 11 is 0. The summed E-state index contributed by atoms with van der Waals surface area (Å²) in [6.07, 6.45) is 6.20. The molecule has 16 heavy (non-hydrogen) atoms. The van der Waals surface area contributed by atoms with Gasteiger partial charge in [0.25, 0.3) is 0 Å². The third-order valence-electron chi connectivity index (χ3n) is 3.66. The Balaban J connectivity index is 1.70. The standard InChI is InChI=1S/C12H23N3O/c1-11(16)14-9-5-12(6-10-14)13-15-7-3-2-4-8-15/h12-13H,2-10H2,1H3. The predicted octanol–water partition coefficient (Wildman–Crippen LogP) is 0.988. The summed E-state index contributed by atoms with van der Waals surface area (Å²) in [6, 6.07) is 0.577. The van der Waals surface area contributed by atoms with Crippen LogP contribution < -0.4 is 5.43 Å². The number of likely N-dealkylation sites (tertiary alicyclic amines) is 1. The minimum absolute atomic E-state index is 0.219. The van der Waals surface area contributed by atoms with Crippen LogP contribution in [0.1, 0.15) is 39.0 Å². The number of nitrogens with zero attached hydrogens (tertiary/aromatic N) is 2. The molecule has 1 amide bonds. The molecule has 0 atom stereocenters. The van der Waals surface area contributed by atoms with Crippen LogP contribution in [0.3, 0.4) is 0 Å². The topological polar surface area (TPSA) is 35.6 Å². The van der Waals surface area contributed by atoms with Crippen LogP contribution in [0.5, 0.6) is 0 Å².